The van der Waals surface area contributed by atoms with Crippen molar-refractivity contribution >= 4 is 122 Å². The van der Waals surface area contributed by atoms with E-state index in [0.29, 0.717) is 22.0 Å². The Labute approximate surface area is 671 Å². The van der Waals surface area contributed by atoms with Crippen molar-refractivity contribution in [1.29, 1.82) is 0 Å². The number of methoxy groups -OCH3 is 1. The summed E-state index contributed by atoms with van der Waals surface area (Å²) >= 11 is 5.94. The smallest absolute Gasteiger partial charge is 0.233 e. The van der Waals surface area contributed by atoms with Gasteiger partial charge in [0.2, 0.25) is 41.4 Å². The van der Waals surface area contributed by atoms with Crippen molar-refractivity contribution in [3.63, 3.8) is 0 Å². The second-order valence-electron chi connectivity index (χ2n) is 30.0. The summed E-state index contributed by atoms with van der Waals surface area (Å²) in [6.07, 6.45) is 2.12. The highest BCUT2D eigenvalue weighted by Gasteiger charge is 2.47. The van der Waals surface area contributed by atoms with Gasteiger partial charge in [-0.3, -0.25) is 57.5 Å². The van der Waals surface area contributed by atoms with E-state index in [0.717, 1.165) is 131 Å². The highest BCUT2D eigenvalue weighted by atomic mass is 35.5. The molecule has 0 spiro atoms. The third kappa shape index (κ3) is 33.5. The lowest BCUT2D eigenvalue weighted by Gasteiger charge is -2.16. The molecule has 0 aliphatic heterocycles. The molecule has 0 radical (unpaired) electrons. The predicted molar refractivity (Wildman–Crippen MR) is 455 cm³/mol. The number of Topliss-reactive ketones (excluding diaryl/α,β-unsaturated/α-hetero) is 5. The molecule has 600 valence electrons. The van der Waals surface area contributed by atoms with Gasteiger partial charge in [0.15, 0.2) is 5.78 Å². The van der Waals surface area contributed by atoms with Gasteiger partial charge < -0.3 is 42.0 Å². The van der Waals surface area contributed by atoms with Gasteiger partial charge in [0.05, 0.1) is 39.2 Å². The van der Waals surface area contributed by atoms with Gasteiger partial charge in [-0.2, -0.15) is 0 Å². The Morgan fingerprint density at radius 2 is 0.619 bits per heavy atom. The number of rotatable bonds is 23. The topological polar surface area (TPSA) is 298 Å². The van der Waals surface area contributed by atoms with Crippen LogP contribution >= 0.6 is 11.6 Å². The third-order valence-electron chi connectivity index (χ3n) is 18.3. The zero-order valence-electron chi connectivity index (χ0n) is 69.4. The van der Waals surface area contributed by atoms with E-state index in [1.807, 2.05) is 234 Å². The summed E-state index contributed by atoms with van der Waals surface area (Å²) < 4.78 is 5.04. The van der Waals surface area contributed by atoms with Gasteiger partial charge in [0.25, 0.3) is 0 Å². The number of hydrogen-bond acceptors (Lipinski definition) is 13. The Balaban J connectivity index is 0.000000288. The van der Waals surface area contributed by atoms with Crippen molar-refractivity contribution in [3.05, 3.63) is 234 Å². The standard InChI is InChI=1S/C19H22N2O2.C18H19NO3.C16H21NO2.C15H21NO2.C12H14ClNO2.C12H15NO2/c1-12-5-7-14(3)16(9-12)20-18(22)11-19(23)21-17-10-13(2)6-8-15(17)4;1-12-4-5-13(2)16(10-12)19-18(21)11-17(20)14-6-8-15(22-3)9-7-14;1-4-16(7-8-16)14(18)10-15(19)17-13-9-11(2)5-6-12(13)3;1-10-6-7-11(2)12(8-10)16-14(18)9-13(17)15(3,4)5;1-7-5-11(8(2)4-10(7)13)14-12(16)6-9(3)15;1-8-4-5-9(2)11(6-8)13-12(15)7-10(3)14/h5-10H,11H2,1-4H3,(H,20,22)(H,21,23);4-10H,11H2,1-3H3,(H,19,21);5-6,9H,4,7-8,10H2,1-3H3,(H,17,19);6-8H,9H2,1-5H3,(H,16,18);4-5H,6H2,1-3H3,(H,14,16);4-6H,7H2,1-3H3,(H,13,15). The zero-order valence-corrected chi connectivity index (χ0v) is 70.2. The first kappa shape index (κ1) is 93.9. The average molecular weight is 1560 g/mol. The van der Waals surface area contributed by atoms with Crippen LogP contribution in [-0.2, 0) is 52.7 Å². The maximum absolute atomic E-state index is 12.1. The van der Waals surface area contributed by atoms with E-state index in [-0.39, 0.29) is 114 Å². The van der Waals surface area contributed by atoms with Crippen molar-refractivity contribution in [3.8, 4) is 5.75 Å². The molecule has 0 unspecified atom stereocenters. The van der Waals surface area contributed by atoms with E-state index < -0.39 is 5.41 Å². The van der Waals surface area contributed by atoms with Gasteiger partial charge in [0.1, 0.15) is 35.3 Å². The van der Waals surface area contributed by atoms with Crippen LogP contribution in [0, 0.1) is 108 Å². The summed E-state index contributed by atoms with van der Waals surface area (Å²) in [5.74, 6) is -1.71. The molecule has 8 aromatic rings. The molecular weight excluding hydrogens is 1450 g/mol. The van der Waals surface area contributed by atoms with Crippen LogP contribution in [0.5, 0.6) is 5.75 Å². The Morgan fingerprint density at radius 1 is 0.345 bits per heavy atom. The van der Waals surface area contributed by atoms with E-state index >= 15 is 0 Å². The fraction of sp³-hybridized carbons (Fsp3) is 0.348. The van der Waals surface area contributed by atoms with Crippen LogP contribution in [0.25, 0.3) is 0 Å². The summed E-state index contributed by atoms with van der Waals surface area (Å²) in [5.41, 5.74) is 19.3. The molecule has 1 aliphatic rings. The molecule has 0 bridgehead atoms. The molecule has 20 nitrogen and oxygen atoms in total. The summed E-state index contributed by atoms with van der Waals surface area (Å²) in [6.45, 7) is 37.3. The molecule has 0 saturated heterocycles. The number of amides is 7. The summed E-state index contributed by atoms with van der Waals surface area (Å²) in [4.78, 5) is 140. The fourth-order valence-electron chi connectivity index (χ4n) is 10.8. The Hall–Kier alpha value is -11.5. The Bertz CT molecular complexity index is 4730. The molecule has 21 heteroatoms. The van der Waals surface area contributed by atoms with E-state index in [9.17, 15) is 57.5 Å². The molecule has 7 N–H and O–H groups in total. The summed E-state index contributed by atoms with van der Waals surface area (Å²) in [5, 5.41) is 20.1. The van der Waals surface area contributed by atoms with Gasteiger partial charge in [-0.1, -0.05) is 112 Å². The SMILES string of the molecule is CC(=O)CC(=O)Nc1cc(C)c(Cl)cc1C.CC(=O)CC(=O)Nc1cc(C)ccc1C.CCC1(C(=O)CC(=O)Nc2cc(C)ccc2C)CC1.COc1ccc(C(=O)CC(=O)Nc2cc(C)ccc2C)cc1.Cc1ccc(C)c(NC(=O)CC(=O)C(C)(C)C)c1.Cc1ccc(C)c(NC(=O)CC(=O)Nc2cc(C)ccc2C)c1. The number of halogens is 1. The average Bonchev–Trinajstić information content (AvgIpc) is 1.64. The minimum absolute atomic E-state index is 0.00121. The number of benzene rings is 8. The molecule has 1 aliphatic carbocycles. The van der Waals surface area contributed by atoms with E-state index in [1.165, 1.54) is 13.8 Å². The monoisotopic (exact) mass is 1560 g/mol. The highest BCUT2D eigenvalue weighted by Crippen LogP contribution is 2.50. The van der Waals surface area contributed by atoms with Crippen LogP contribution in [-0.4, -0.2) is 77.4 Å². The molecule has 0 atom stereocenters. The van der Waals surface area contributed by atoms with Crippen molar-refractivity contribution in [1.82, 2.24) is 0 Å². The fourth-order valence-corrected chi connectivity index (χ4v) is 11.1. The Morgan fingerprint density at radius 3 is 0.894 bits per heavy atom. The second kappa shape index (κ2) is 44.5. The first-order valence-corrected chi connectivity index (χ1v) is 37.8. The molecule has 113 heavy (non-hydrogen) atoms. The van der Waals surface area contributed by atoms with E-state index in [1.54, 1.807) is 43.5 Å². The van der Waals surface area contributed by atoms with Crippen LogP contribution in [0.3, 0.4) is 0 Å². The van der Waals surface area contributed by atoms with Crippen molar-refractivity contribution in [2.24, 2.45) is 10.8 Å². The number of ketones is 5. The van der Waals surface area contributed by atoms with Crippen molar-refractivity contribution in [2.45, 2.75) is 196 Å². The van der Waals surface area contributed by atoms with Crippen molar-refractivity contribution in [2.75, 3.05) is 44.3 Å². The van der Waals surface area contributed by atoms with E-state index in [4.69, 9.17) is 16.3 Å². The minimum Gasteiger partial charge on any atom is -0.497 e. The summed E-state index contributed by atoms with van der Waals surface area (Å²) in [6, 6.07) is 45.4. The summed E-state index contributed by atoms with van der Waals surface area (Å²) in [7, 11) is 1.56. The predicted octanol–water partition coefficient (Wildman–Crippen LogP) is 19.1. The largest absolute Gasteiger partial charge is 0.497 e. The van der Waals surface area contributed by atoms with Gasteiger partial charge in [-0.05, 0) is 281 Å². The lowest BCUT2D eigenvalue weighted by atomic mass is 9.89. The second-order valence-corrected chi connectivity index (χ2v) is 30.4. The van der Waals surface area contributed by atoms with Crippen LogP contribution in [0.2, 0.25) is 5.02 Å². The maximum Gasteiger partial charge on any atom is 0.233 e. The number of carbonyl (C=O) groups excluding carboxylic acids is 12. The minimum atomic E-state index is -0.473. The molecule has 0 heterocycles. The molecule has 1 saturated carbocycles. The lowest BCUT2D eigenvalue weighted by Crippen LogP contribution is -2.26. The lowest BCUT2D eigenvalue weighted by molar-refractivity contribution is -0.131. The number of ether oxygens (including phenoxy) is 1. The molecule has 1 fully saturated rings. The first-order chi connectivity index (χ1) is 52.9. The molecule has 9 rings (SSSR count). The number of anilines is 7. The van der Waals surface area contributed by atoms with Crippen molar-refractivity contribution < 1.29 is 62.3 Å². The quantitative estimate of drug-likeness (QED) is 0.0232. The number of carbonyl (C=O) groups is 12. The molecule has 0 aromatic heterocycles. The molecule has 7 amide bonds. The molecule has 8 aromatic carbocycles. The maximum atomic E-state index is 12.1. The van der Waals surface area contributed by atoms with Crippen LogP contribution in [0.15, 0.2) is 146 Å². The first-order valence-electron chi connectivity index (χ1n) is 37.4. The number of hydrogen-bond donors (Lipinski definition) is 7. The van der Waals surface area contributed by atoms with E-state index in [2.05, 4.69) is 37.2 Å². The number of aryl methyl sites for hydroxylation is 14. The zero-order chi connectivity index (χ0) is 84.8. The normalized spacial score (nSPS) is 11.2. The van der Waals surface area contributed by atoms with Crippen LogP contribution < -0.4 is 42.0 Å². The highest BCUT2D eigenvalue weighted by molar-refractivity contribution is 6.31. The van der Waals surface area contributed by atoms with Crippen LogP contribution in [0.4, 0.5) is 39.8 Å². The van der Waals surface area contributed by atoms with Gasteiger partial charge in [-0.25, -0.2) is 0 Å². The Kier molecular flexibility index (Phi) is 37.0. The van der Waals surface area contributed by atoms with Gasteiger partial charge in [-0.15, -0.1) is 0 Å². The third-order valence-corrected chi connectivity index (χ3v) is 18.7. The number of nitrogens with one attached hydrogen (secondary N) is 7. The molecular formula is C92H112ClN7O13. The van der Waals surface area contributed by atoms with Gasteiger partial charge >= 0.3 is 0 Å². The van der Waals surface area contributed by atoms with Gasteiger partial charge in [0, 0.05) is 61.2 Å². The van der Waals surface area contributed by atoms with Crippen LogP contribution in [0.1, 0.15) is 188 Å².